The van der Waals surface area contributed by atoms with Crippen molar-refractivity contribution in [1.29, 1.82) is 0 Å². The molecule has 0 aliphatic rings. The molecule has 2 heteroatoms. The van der Waals surface area contributed by atoms with Crippen LogP contribution in [0.4, 0.5) is 0 Å². The van der Waals surface area contributed by atoms with Crippen LogP contribution < -0.4 is 5.19 Å². The Kier molecular flexibility index (Phi) is 6.84. The largest absolute Gasteiger partial charge is 0.0715 e. The summed E-state index contributed by atoms with van der Waals surface area (Å²) < 4.78 is 0. The van der Waals surface area contributed by atoms with Crippen molar-refractivity contribution in [3.05, 3.63) is 29.8 Å². The zero-order chi connectivity index (χ0) is 11.1. The van der Waals surface area contributed by atoms with Gasteiger partial charge < -0.3 is 0 Å². The maximum absolute atomic E-state index is 3.55. The highest BCUT2D eigenvalue weighted by Gasteiger charge is 1.99. The second-order valence-electron chi connectivity index (χ2n) is 3.90. The van der Waals surface area contributed by atoms with Crippen LogP contribution in [0.1, 0.15) is 39.2 Å². The lowest BCUT2D eigenvalue weighted by Gasteiger charge is -2.07. The predicted molar refractivity (Wildman–Crippen MR) is 66.8 cm³/mol. The van der Waals surface area contributed by atoms with Gasteiger partial charge in [0.2, 0.25) is 0 Å². The van der Waals surface area contributed by atoms with Crippen LogP contribution in [0, 0.1) is 0 Å². The quantitative estimate of drug-likeness (QED) is 0.636. The molecule has 0 fully saturated rings. The van der Waals surface area contributed by atoms with E-state index in [1.165, 1.54) is 10.8 Å². The van der Waals surface area contributed by atoms with Crippen LogP contribution >= 0.6 is 0 Å². The van der Waals surface area contributed by atoms with Gasteiger partial charge in [0.25, 0.3) is 0 Å². The van der Waals surface area contributed by atoms with E-state index in [1.54, 1.807) is 0 Å². The third kappa shape index (κ3) is 6.16. The first-order valence-corrected chi connectivity index (χ1v) is 6.04. The smallest absolute Gasteiger partial charge is 0.0659 e. The summed E-state index contributed by atoms with van der Waals surface area (Å²) in [4.78, 5) is 0. The molecule has 0 N–H and O–H groups in total. The van der Waals surface area contributed by atoms with Crippen molar-refractivity contribution in [1.82, 2.24) is 0 Å². The second kappa shape index (κ2) is 7.01. The molecule has 0 amide bonds. The summed E-state index contributed by atoms with van der Waals surface area (Å²) >= 11 is 0. The van der Waals surface area contributed by atoms with E-state index in [2.05, 4.69) is 66.4 Å². The molecular formula is C12H18Si2. The van der Waals surface area contributed by atoms with Gasteiger partial charge in [0, 0.05) is 10.2 Å². The van der Waals surface area contributed by atoms with E-state index >= 15 is 0 Å². The van der Waals surface area contributed by atoms with Crippen molar-refractivity contribution >= 4 is 25.7 Å². The maximum atomic E-state index is 3.55. The number of hydrogen-bond acceptors (Lipinski definition) is 0. The van der Waals surface area contributed by atoms with Gasteiger partial charge in [0.05, 0.1) is 10.2 Å². The molecule has 0 bridgehead atoms. The molecule has 0 atom stereocenters. The summed E-state index contributed by atoms with van der Waals surface area (Å²) in [6.45, 7) is 8.55. The SMILES string of the molecule is CC(C)[Si].CC(C)c1ccccc1[Si]. The molecule has 0 aliphatic heterocycles. The lowest BCUT2D eigenvalue weighted by atomic mass is 10.0. The van der Waals surface area contributed by atoms with Crippen molar-refractivity contribution in [2.75, 3.05) is 0 Å². The molecular weight excluding hydrogens is 200 g/mol. The molecule has 0 aliphatic carbocycles. The third-order valence-corrected chi connectivity index (χ3v) is 2.04. The fraction of sp³-hybridized carbons (Fsp3) is 0.500. The van der Waals surface area contributed by atoms with Crippen LogP contribution in [-0.2, 0) is 0 Å². The first kappa shape index (κ1) is 13.7. The minimum absolute atomic E-state index is 0.605. The van der Waals surface area contributed by atoms with Gasteiger partial charge in [-0.2, -0.15) is 0 Å². The van der Waals surface area contributed by atoms with Crippen LogP contribution in [0.5, 0.6) is 0 Å². The predicted octanol–water partition coefficient (Wildman–Crippen LogP) is 2.59. The van der Waals surface area contributed by atoms with Gasteiger partial charge in [-0.25, -0.2) is 0 Å². The molecule has 0 heterocycles. The fourth-order valence-corrected chi connectivity index (χ4v) is 1.47. The van der Waals surface area contributed by atoms with Gasteiger partial charge in [-0.15, -0.1) is 0 Å². The zero-order valence-corrected chi connectivity index (χ0v) is 11.5. The third-order valence-electron chi connectivity index (χ3n) is 1.58. The molecule has 1 aromatic carbocycles. The Morgan fingerprint density at radius 3 is 1.71 bits per heavy atom. The van der Waals surface area contributed by atoms with Crippen LogP contribution in [-0.4, -0.2) is 20.5 Å². The number of hydrogen-bond donors (Lipinski definition) is 0. The monoisotopic (exact) mass is 218 g/mol. The van der Waals surface area contributed by atoms with Crippen molar-refractivity contribution in [2.45, 2.75) is 39.2 Å². The fourth-order valence-electron chi connectivity index (χ4n) is 1.00. The normalized spacial score (nSPS) is 10.0. The van der Waals surface area contributed by atoms with E-state index in [0.717, 1.165) is 0 Å². The molecule has 6 radical (unpaired) electrons. The molecule has 1 rings (SSSR count). The van der Waals surface area contributed by atoms with Crippen molar-refractivity contribution < 1.29 is 0 Å². The van der Waals surface area contributed by atoms with E-state index in [0.29, 0.717) is 11.5 Å². The summed E-state index contributed by atoms with van der Waals surface area (Å²) in [6, 6.07) is 8.33. The molecule has 74 valence electrons. The molecule has 0 unspecified atom stereocenters. The van der Waals surface area contributed by atoms with E-state index in [-0.39, 0.29) is 0 Å². The number of benzene rings is 1. The average molecular weight is 218 g/mol. The lowest BCUT2D eigenvalue weighted by Crippen LogP contribution is -2.10. The van der Waals surface area contributed by atoms with Gasteiger partial charge in [0.15, 0.2) is 0 Å². The lowest BCUT2D eigenvalue weighted by molar-refractivity contribution is 0.873. The van der Waals surface area contributed by atoms with Gasteiger partial charge in [-0.1, -0.05) is 62.7 Å². The molecule has 0 aromatic heterocycles. The van der Waals surface area contributed by atoms with Crippen LogP contribution in [0.25, 0.3) is 0 Å². The Balaban J connectivity index is 0.000000364. The molecule has 0 spiro atoms. The summed E-state index contributed by atoms with van der Waals surface area (Å²) in [5.41, 5.74) is 2.01. The van der Waals surface area contributed by atoms with Crippen LogP contribution in [0.3, 0.4) is 0 Å². The molecule has 14 heavy (non-hydrogen) atoms. The van der Waals surface area contributed by atoms with Gasteiger partial charge >= 0.3 is 0 Å². The van der Waals surface area contributed by atoms with Crippen LogP contribution in [0.15, 0.2) is 24.3 Å². The Labute approximate surface area is 95.0 Å². The average Bonchev–Trinajstić information content (AvgIpc) is 2.03. The highest BCUT2D eigenvalue weighted by molar-refractivity contribution is 6.33. The summed E-state index contributed by atoms with van der Waals surface area (Å²) in [6.07, 6.45) is 0. The van der Waals surface area contributed by atoms with E-state index < -0.39 is 0 Å². The van der Waals surface area contributed by atoms with E-state index in [4.69, 9.17) is 0 Å². The Morgan fingerprint density at radius 2 is 1.43 bits per heavy atom. The van der Waals surface area contributed by atoms with E-state index in [1.807, 2.05) is 6.07 Å². The molecule has 0 saturated heterocycles. The first-order valence-electron chi connectivity index (χ1n) is 4.96. The van der Waals surface area contributed by atoms with Crippen molar-refractivity contribution in [2.24, 2.45) is 0 Å². The van der Waals surface area contributed by atoms with E-state index in [9.17, 15) is 0 Å². The highest BCUT2D eigenvalue weighted by Crippen LogP contribution is 2.09. The Hall–Kier alpha value is -0.346. The van der Waals surface area contributed by atoms with Gasteiger partial charge in [-0.05, 0) is 11.5 Å². The Bertz CT molecular complexity index is 251. The standard InChI is InChI=1S/C9H11Si.C3H7Si/c1-7(2)8-5-3-4-6-9(8)10;1-3(2)4/h3-7H,1-2H3;3H,1-2H3. The maximum Gasteiger partial charge on any atom is 0.0715 e. The molecule has 0 nitrogen and oxygen atoms in total. The van der Waals surface area contributed by atoms with Gasteiger partial charge in [0.1, 0.15) is 0 Å². The molecule has 0 saturated carbocycles. The topological polar surface area (TPSA) is 0 Å². The van der Waals surface area contributed by atoms with Crippen LogP contribution in [0.2, 0.25) is 5.54 Å². The van der Waals surface area contributed by atoms with Gasteiger partial charge in [-0.3, -0.25) is 0 Å². The first-order chi connectivity index (χ1) is 6.45. The second-order valence-corrected chi connectivity index (χ2v) is 5.59. The van der Waals surface area contributed by atoms with Crippen molar-refractivity contribution in [3.8, 4) is 0 Å². The zero-order valence-electron chi connectivity index (χ0n) is 9.46. The minimum Gasteiger partial charge on any atom is -0.0659 e. The summed E-state index contributed by atoms with van der Waals surface area (Å²) in [5, 5.41) is 1.21. The van der Waals surface area contributed by atoms with Crippen molar-refractivity contribution in [3.63, 3.8) is 0 Å². The summed E-state index contributed by atoms with van der Waals surface area (Å²) in [7, 11) is 6.86. The molecule has 1 aromatic rings. The summed E-state index contributed by atoms with van der Waals surface area (Å²) in [5.74, 6) is 0.605. The number of rotatable bonds is 1. The Morgan fingerprint density at radius 1 is 1.00 bits per heavy atom. The minimum atomic E-state index is 0.605. The highest BCUT2D eigenvalue weighted by atomic mass is 28.1.